The number of nitrogens with zero attached hydrogens (tertiary/aromatic N) is 2. The summed E-state index contributed by atoms with van der Waals surface area (Å²) in [5, 5.41) is 0. The summed E-state index contributed by atoms with van der Waals surface area (Å²) in [7, 11) is 0. The molecule has 6 heteroatoms. The lowest BCUT2D eigenvalue weighted by atomic mass is 10.1. The molecule has 0 saturated carbocycles. The average molecular weight is 334 g/mol. The Morgan fingerprint density at radius 1 is 0.875 bits per heavy atom. The molecule has 0 aromatic heterocycles. The van der Waals surface area contributed by atoms with Crippen LogP contribution in [0.3, 0.4) is 0 Å². The maximum Gasteiger partial charge on any atom is 0.254 e. The molecule has 24 heavy (non-hydrogen) atoms. The number of piperazine rings is 1. The number of halogens is 3. The number of benzene rings is 2. The van der Waals surface area contributed by atoms with Crippen LogP contribution in [0.4, 0.5) is 13.2 Å². The van der Waals surface area contributed by atoms with Gasteiger partial charge >= 0.3 is 0 Å². The average Bonchev–Trinajstić information content (AvgIpc) is 2.59. The molecular weight excluding hydrogens is 317 g/mol. The lowest BCUT2D eigenvalue weighted by molar-refractivity contribution is 0.0626. The van der Waals surface area contributed by atoms with E-state index in [1.165, 1.54) is 12.1 Å². The largest absolute Gasteiger partial charge is 0.336 e. The molecule has 2 aromatic carbocycles. The van der Waals surface area contributed by atoms with E-state index in [2.05, 4.69) is 4.90 Å². The zero-order chi connectivity index (χ0) is 17.1. The quantitative estimate of drug-likeness (QED) is 0.861. The summed E-state index contributed by atoms with van der Waals surface area (Å²) in [5.41, 5.74) is 0.759. The van der Waals surface area contributed by atoms with Gasteiger partial charge in [-0.1, -0.05) is 18.2 Å². The molecule has 0 N–H and O–H groups in total. The Kier molecular flexibility index (Phi) is 4.85. The van der Waals surface area contributed by atoms with Gasteiger partial charge in [0.15, 0.2) is 11.6 Å². The Bertz CT molecular complexity index is 743. The first-order chi connectivity index (χ1) is 11.5. The zero-order valence-electron chi connectivity index (χ0n) is 13.0. The van der Waals surface area contributed by atoms with E-state index in [4.69, 9.17) is 0 Å². The Labute approximate surface area is 138 Å². The van der Waals surface area contributed by atoms with Crippen molar-refractivity contribution in [2.24, 2.45) is 0 Å². The second-order valence-corrected chi connectivity index (χ2v) is 5.79. The van der Waals surface area contributed by atoms with Crippen LogP contribution in [0, 0.1) is 17.5 Å². The minimum absolute atomic E-state index is 0.136. The highest BCUT2D eigenvalue weighted by Crippen LogP contribution is 2.15. The number of carbonyl (C=O) groups excluding carboxylic acids is 1. The minimum Gasteiger partial charge on any atom is -0.336 e. The first-order valence-electron chi connectivity index (χ1n) is 7.74. The van der Waals surface area contributed by atoms with Crippen molar-refractivity contribution in [3.63, 3.8) is 0 Å². The molecule has 0 bridgehead atoms. The van der Waals surface area contributed by atoms with Crippen LogP contribution in [0.5, 0.6) is 0 Å². The summed E-state index contributed by atoms with van der Waals surface area (Å²) in [6, 6.07) is 9.78. The summed E-state index contributed by atoms with van der Waals surface area (Å²) in [6.07, 6.45) is 0. The third-order valence-corrected chi connectivity index (χ3v) is 4.18. The van der Waals surface area contributed by atoms with Crippen molar-refractivity contribution in [1.29, 1.82) is 0 Å². The summed E-state index contributed by atoms with van der Waals surface area (Å²) in [4.78, 5) is 16.0. The topological polar surface area (TPSA) is 23.6 Å². The Morgan fingerprint density at radius 2 is 1.58 bits per heavy atom. The van der Waals surface area contributed by atoms with Crippen LogP contribution < -0.4 is 0 Å². The number of amides is 1. The number of rotatable bonds is 3. The molecule has 0 atom stereocenters. The molecule has 1 saturated heterocycles. The summed E-state index contributed by atoms with van der Waals surface area (Å²) in [5.74, 6) is -2.56. The predicted octanol–water partition coefficient (Wildman–Crippen LogP) is 3.06. The van der Waals surface area contributed by atoms with Crippen molar-refractivity contribution in [2.75, 3.05) is 26.2 Å². The van der Waals surface area contributed by atoms with E-state index in [0.29, 0.717) is 38.3 Å². The maximum atomic E-state index is 13.7. The van der Waals surface area contributed by atoms with Gasteiger partial charge in [-0.25, -0.2) is 13.2 Å². The number of hydrogen-bond acceptors (Lipinski definition) is 2. The van der Waals surface area contributed by atoms with E-state index < -0.39 is 11.6 Å². The van der Waals surface area contributed by atoms with Crippen LogP contribution in [-0.2, 0) is 6.54 Å². The van der Waals surface area contributed by atoms with Crippen molar-refractivity contribution in [3.05, 3.63) is 71.0 Å². The molecule has 0 aliphatic carbocycles. The molecule has 2 aromatic rings. The standard InChI is InChI=1S/C18H17F3N2O/c19-15-4-2-1-3-14(15)12-22-7-9-23(10-8-22)18(24)13-5-6-16(20)17(21)11-13/h1-6,11H,7-10,12H2. The molecular formula is C18H17F3N2O. The van der Waals surface area contributed by atoms with Crippen LogP contribution in [-0.4, -0.2) is 41.9 Å². The first kappa shape index (κ1) is 16.5. The van der Waals surface area contributed by atoms with Gasteiger partial charge in [-0.2, -0.15) is 0 Å². The van der Waals surface area contributed by atoms with Gasteiger partial charge in [-0.15, -0.1) is 0 Å². The molecule has 1 heterocycles. The Morgan fingerprint density at radius 3 is 2.25 bits per heavy atom. The highest BCUT2D eigenvalue weighted by atomic mass is 19.2. The van der Waals surface area contributed by atoms with Crippen molar-refractivity contribution < 1.29 is 18.0 Å². The van der Waals surface area contributed by atoms with Crippen molar-refractivity contribution in [1.82, 2.24) is 9.80 Å². The van der Waals surface area contributed by atoms with Crippen molar-refractivity contribution >= 4 is 5.91 Å². The minimum atomic E-state index is -1.03. The van der Waals surface area contributed by atoms with E-state index >= 15 is 0 Å². The third kappa shape index (κ3) is 3.59. The fourth-order valence-electron chi connectivity index (χ4n) is 2.79. The highest BCUT2D eigenvalue weighted by Gasteiger charge is 2.23. The van der Waals surface area contributed by atoms with Crippen molar-refractivity contribution in [2.45, 2.75) is 6.54 Å². The fraction of sp³-hybridized carbons (Fsp3) is 0.278. The second kappa shape index (κ2) is 7.05. The molecule has 1 aliphatic rings. The Hall–Kier alpha value is -2.34. The SMILES string of the molecule is O=C(c1ccc(F)c(F)c1)N1CCN(Cc2ccccc2F)CC1. The molecule has 3 rings (SSSR count). The molecule has 0 radical (unpaired) electrons. The van der Waals surface area contributed by atoms with Crippen LogP contribution in [0.2, 0.25) is 0 Å². The predicted molar refractivity (Wildman–Crippen MR) is 83.9 cm³/mol. The fourth-order valence-corrected chi connectivity index (χ4v) is 2.79. The van der Waals surface area contributed by atoms with E-state index in [-0.39, 0.29) is 17.3 Å². The van der Waals surface area contributed by atoms with Gasteiger partial charge in [0.2, 0.25) is 0 Å². The summed E-state index contributed by atoms with van der Waals surface area (Å²) in [6.45, 7) is 2.62. The van der Waals surface area contributed by atoms with E-state index in [1.807, 2.05) is 0 Å². The van der Waals surface area contributed by atoms with Crippen LogP contribution in [0.15, 0.2) is 42.5 Å². The van der Waals surface area contributed by atoms with Gasteiger partial charge in [0.1, 0.15) is 5.82 Å². The number of carbonyl (C=O) groups is 1. The van der Waals surface area contributed by atoms with Gasteiger partial charge in [-0.3, -0.25) is 9.69 Å². The van der Waals surface area contributed by atoms with Crippen LogP contribution in [0.1, 0.15) is 15.9 Å². The van der Waals surface area contributed by atoms with E-state index in [0.717, 1.165) is 12.1 Å². The summed E-state index contributed by atoms with van der Waals surface area (Å²) >= 11 is 0. The van der Waals surface area contributed by atoms with Crippen LogP contribution >= 0.6 is 0 Å². The molecule has 1 amide bonds. The third-order valence-electron chi connectivity index (χ3n) is 4.18. The molecule has 0 spiro atoms. The Balaban J connectivity index is 1.59. The maximum absolute atomic E-state index is 13.7. The first-order valence-corrected chi connectivity index (χ1v) is 7.74. The lowest BCUT2D eigenvalue weighted by Gasteiger charge is -2.34. The van der Waals surface area contributed by atoms with E-state index in [1.54, 1.807) is 23.1 Å². The van der Waals surface area contributed by atoms with Crippen molar-refractivity contribution in [3.8, 4) is 0 Å². The second-order valence-electron chi connectivity index (χ2n) is 5.79. The highest BCUT2D eigenvalue weighted by molar-refractivity contribution is 5.94. The molecule has 1 fully saturated rings. The van der Waals surface area contributed by atoms with Gasteiger partial charge in [-0.05, 0) is 24.3 Å². The van der Waals surface area contributed by atoms with Crippen LogP contribution in [0.25, 0.3) is 0 Å². The zero-order valence-corrected chi connectivity index (χ0v) is 13.0. The van der Waals surface area contributed by atoms with Gasteiger partial charge < -0.3 is 4.90 Å². The molecule has 0 unspecified atom stereocenters. The van der Waals surface area contributed by atoms with Gasteiger partial charge in [0, 0.05) is 43.9 Å². The molecule has 126 valence electrons. The molecule has 1 aliphatic heterocycles. The lowest BCUT2D eigenvalue weighted by Crippen LogP contribution is -2.48. The van der Waals surface area contributed by atoms with Gasteiger partial charge in [0.05, 0.1) is 0 Å². The number of hydrogen-bond donors (Lipinski definition) is 0. The normalized spacial score (nSPS) is 15.5. The smallest absolute Gasteiger partial charge is 0.254 e. The van der Waals surface area contributed by atoms with E-state index in [9.17, 15) is 18.0 Å². The molecule has 3 nitrogen and oxygen atoms in total. The van der Waals surface area contributed by atoms with Gasteiger partial charge in [0.25, 0.3) is 5.91 Å². The summed E-state index contributed by atoms with van der Waals surface area (Å²) < 4.78 is 39.9. The monoisotopic (exact) mass is 334 g/mol.